The highest BCUT2D eigenvalue weighted by Crippen LogP contribution is 2.56. The van der Waals surface area contributed by atoms with Crippen molar-refractivity contribution < 1.29 is 4.74 Å². The largest absolute Gasteiger partial charge is 0.496 e. The lowest BCUT2D eigenvalue weighted by atomic mass is 9.97. The SMILES string of the molecule is COc1ccc2ccccc2c1-c1ccccc1P1[C@H](C)CC[C@H]1C. The van der Waals surface area contributed by atoms with E-state index in [1.54, 1.807) is 12.4 Å². The van der Waals surface area contributed by atoms with Gasteiger partial charge in [-0.3, -0.25) is 0 Å². The lowest BCUT2D eigenvalue weighted by molar-refractivity contribution is 0.417. The second-order valence-corrected chi connectivity index (χ2v) is 10.1. The second kappa shape index (κ2) is 6.81. The fourth-order valence-corrected chi connectivity index (χ4v) is 7.68. The van der Waals surface area contributed by atoms with Gasteiger partial charge in [0, 0.05) is 5.56 Å². The summed E-state index contributed by atoms with van der Waals surface area (Å²) in [5.41, 5.74) is 4.21. The Bertz CT molecular complexity index is 891. The Kier molecular flexibility index (Phi) is 4.52. The summed E-state index contributed by atoms with van der Waals surface area (Å²) in [6, 6.07) is 21.9. The van der Waals surface area contributed by atoms with Gasteiger partial charge in [-0.05, 0) is 51.9 Å². The molecule has 1 heterocycles. The molecule has 0 saturated carbocycles. The zero-order valence-electron chi connectivity index (χ0n) is 15.2. The third kappa shape index (κ3) is 2.85. The van der Waals surface area contributed by atoms with Crippen LogP contribution in [0.1, 0.15) is 26.7 Å². The average Bonchev–Trinajstić information content (AvgIpc) is 2.99. The molecule has 2 atom stereocenters. The number of benzene rings is 3. The van der Waals surface area contributed by atoms with Crippen molar-refractivity contribution in [2.75, 3.05) is 7.11 Å². The van der Waals surface area contributed by atoms with Crippen LogP contribution in [0.4, 0.5) is 0 Å². The van der Waals surface area contributed by atoms with Crippen LogP contribution in [0.25, 0.3) is 21.9 Å². The number of fused-ring (bicyclic) bond motifs is 1. The molecule has 3 aromatic rings. The highest BCUT2D eigenvalue weighted by atomic mass is 31.1. The third-order valence-electron chi connectivity index (χ3n) is 5.51. The van der Waals surface area contributed by atoms with Gasteiger partial charge < -0.3 is 4.74 Å². The molecule has 1 nitrogen and oxygen atoms in total. The van der Waals surface area contributed by atoms with Gasteiger partial charge >= 0.3 is 0 Å². The van der Waals surface area contributed by atoms with Gasteiger partial charge in [0.2, 0.25) is 0 Å². The molecule has 0 N–H and O–H groups in total. The van der Waals surface area contributed by atoms with Crippen LogP contribution in [0.5, 0.6) is 5.75 Å². The van der Waals surface area contributed by atoms with Crippen molar-refractivity contribution in [2.45, 2.75) is 38.0 Å². The van der Waals surface area contributed by atoms with Crippen molar-refractivity contribution in [2.24, 2.45) is 0 Å². The first-order valence-corrected chi connectivity index (χ1v) is 10.6. The fourth-order valence-electron chi connectivity index (χ4n) is 4.28. The molecule has 1 fully saturated rings. The summed E-state index contributed by atoms with van der Waals surface area (Å²) in [4.78, 5) is 0. The van der Waals surface area contributed by atoms with Crippen LogP contribution in [-0.2, 0) is 0 Å². The van der Waals surface area contributed by atoms with E-state index in [1.165, 1.54) is 34.7 Å². The van der Waals surface area contributed by atoms with Gasteiger partial charge in [0.25, 0.3) is 0 Å². The van der Waals surface area contributed by atoms with E-state index in [9.17, 15) is 0 Å². The summed E-state index contributed by atoms with van der Waals surface area (Å²) in [5.74, 6) is 0.973. The second-order valence-electron chi connectivity index (χ2n) is 7.06. The van der Waals surface area contributed by atoms with Crippen molar-refractivity contribution >= 4 is 24.0 Å². The van der Waals surface area contributed by atoms with Crippen molar-refractivity contribution in [1.82, 2.24) is 0 Å². The molecule has 0 aromatic heterocycles. The maximum Gasteiger partial charge on any atom is 0.127 e. The first kappa shape index (κ1) is 16.6. The smallest absolute Gasteiger partial charge is 0.127 e. The van der Waals surface area contributed by atoms with Crippen LogP contribution in [0.3, 0.4) is 0 Å². The molecule has 0 amide bonds. The molecular weight excluding hydrogens is 323 g/mol. The topological polar surface area (TPSA) is 9.23 Å². The van der Waals surface area contributed by atoms with Crippen molar-refractivity contribution in [3.63, 3.8) is 0 Å². The van der Waals surface area contributed by atoms with E-state index in [4.69, 9.17) is 4.74 Å². The molecule has 0 radical (unpaired) electrons. The van der Waals surface area contributed by atoms with Crippen molar-refractivity contribution in [3.8, 4) is 16.9 Å². The molecule has 128 valence electrons. The average molecular weight is 348 g/mol. The van der Waals surface area contributed by atoms with Crippen LogP contribution in [0.2, 0.25) is 0 Å². The number of rotatable bonds is 3. The van der Waals surface area contributed by atoms with Crippen molar-refractivity contribution in [3.05, 3.63) is 60.7 Å². The number of methoxy groups -OCH3 is 1. The minimum Gasteiger partial charge on any atom is -0.496 e. The van der Waals surface area contributed by atoms with Gasteiger partial charge in [-0.15, -0.1) is 0 Å². The maximum atomic E-state index is 5.79. The molecule has 0 bridgehead atoms. The predicted octanol–water partition coefficient (Wildman–Crippen LogP) is 6.19. The molecular formula is C23H25OP. The van der Waals surface area contributed by atoms with Crippen LogP contribution in [0.15, 0.2) is 60.7 Å². The van der Waals surface area contributed by atoms with Gasteiger partial charge in [0.15, 0.2) is 0 Å². The highest BCUT2D eigenvalue weighted by Gasteiger charge is 2.33. The van der Waals surface area contributed by atoms with Crippen LogP contribution >= 0.6 is 7.92 Å². The first-order chi connectivity index (χ1) is 12.2. The van der Waals surface area contributed by atoms with E-state index in [0.29, 0.717) is 0 Å². The summed E-state index contributed by atoms with van der Waals surface area (Å²) in [7, 11) is 1.64. The van der Waals surface area contributed by atoms with E-state index >= 15 is 0 Å². The predicted molar refractivity (Wildman–Crippen MR) is 111 cm³/mol. The Morgan fingerprint density at radius 1 is 0.840 bits per heavy atom. The summed E-state index contributed by atoms with van der Waals surface area (Å²) in [6.45, 7) is 4.87. The third-order valence-corrected chi connectivity index (χ3v) is 8.88. The minimum atomic E-state index is -0.135. The maximum absolute atomic E-state index is 5.79. The first-order valence-electron chi connectivity index (χ1n) is 9.14. The van der Waals surface area contributed by atoms with Crippen LogP contribution in [-0.4, -0.2) is 18.4 Å². The molecule has 1 aliphatic heterocycles. The quantitative estimate of drug-likeness (QED) is 0.513. The lowest BCUT2D eigenvalue weighted by Gasteiger charge is -2.25. The van der Waals surface area contributed by atoms with Gasteiger partial charge in [-0.1, -0.05) is 76.4 Å². The van der Waals surface area contributed by atoms with E-state index in [0.717, 1.165) is 17.1 Å². The molecule has 1 aliphatic rings. The highest BCUT2D eigenvalue weighted by molar-refractivity contribution is 7.67. The molecule has 1 saturated heterocycles. The Balaban J connectivity index is 1.99. The standard InChI is InChI=1S/C23H25OP/c1-16-12-13-17(2)25(16)22-11-7-6-10-20(22)23-19-9-5-4-8-18(19)14-15-21(23)24-3/h4-11,14-17H,12-13H2,1-3H3/t16-,17-/m1/s1. The molecule has 25 heavy (non-hydrogen) atoms. The molecule has 0 aliphatic carbocycles. The minimum absolute atomic E-state index is 0.135. The fraction of sp³-hybridized carbons (Fsp3) is 0.304. The van der Waals surface area contributed by atoms with E-state index in [2.05, 4.69) is 74.5 Å². The number of hydrogen-bond donors (Lipinski definition) is 0. The lowest BCUT2D eigenvalue weighted by Crippen LogP contribution is -2.14. The van der Waals surface area contributed by atoms with Crippen molar-refractivity contribution in [1.29, 1.82) is 0 Å². The van der Waals surface area contributed by atoms with E-state index < -0.39 is 0 Å². The van der Waals surface area contributed by atoms with Gasteiger partial charge in [-0.25, -0.2) is 0 Å². The van der Waals surface area contributed by atoms with Gasteiger partial charge in [0.05, 0.1) is 7.11 Å². The zero-order valence-corrected chi connectivity index (χ0v) is 16.1. The molecule has 2 heteroatoms. The molecule has 4 rings (SSSR count). The monoisotopic (exact) mass is 348 g/mol. The van der Waals surface area contributed by atoms with Crippen LogP contribution in [0, 0.1) is 0 Å². The summed E-state index contributed by atoms with van der Waals surface area (Å²) < 4.78 is 5.79. The number of ether oxygens (including phenoxy) is 1. The number of hydrogen-bond acceptors (Lipinski definition) is 1. The summed E-state index contributed by atoms with van der Waals surface area (Å²) in [5, 5.41) is 4.10. The molecule has 3 aromatic carbocycles. The molecule has 0 unspecified atom stereocenters. The van der Waals surface area contributed by atoms with E-state index in [1.807, 2.05) is 0 Å². The van der Waals surface area contributed by atoms with Gasteiger partial charge in [0.1, 0.15) is 5.75 Å². The summed E-state index contributed by atoms with van der Waals surface area (Å²) >= 11 is 0. The van der Waals surface area contributed by atoms with Gasteiger partial charge in [-0.2, -0.15) is 0 Å². The normalized spacial score (nSPS) is 20.9. The Labute approximate surface area is 151 Å². The van der Waals surface area contributed by atoms with E-state index in [-0.39, 0.29) is 7.92 Å². The Morgan fingerprint density at radius 3 is 2.28 bits per heavy atom. The summed E-state index contributed by atoms with van der Waals surface area (Å²) in [6.07, 6.45) is 2.71. The molecule has 0 spiro atoms. The zero-order chi connectivity index (χ0) is 17.4. The Hall–Kier alpha value is -1.85. The van der Waals surface area contributed by atoms with Crippen LogP contribution < -0.4 is 10.0 Å². The Morgan fingerprint density at radius 2 is 1.52 bits per heavy atom.